The summed E-state index contributed by atoms with van der Waals surface area (Å²) in [4.78, 5) is 5.06. The van der Waals surface area contributed by atoms with Crippen LogP contribution in [-0.2, 0) is 16.2 Å². The lowest BCUT2D eigenvalue weighted by Gasteiger charge is -2.34. The number of hydrogen-bond donors (Lipinski definition) is 0. The van der Waals surface area contributed by atoms with E-state index in [1.165, 1.54) is 368 Å². The Morgan fingerprint density at radius 3 is 0.760 bits per heavy atom. The normalized spacial score (nSPS) is 13.8. The molecule has 0 radical (unpaired) electrons. The highest BCUT2D eigenvalue weighted by Gasteiger charge is 2.46. The van der Waals surface area contributed by atoms with E-state index >= 15 is 0 Å². The van der Waals surface area contributed by atoms with Crippen LogP contribution in [0, 0.1) is 13.8 Å². The Bertz CT molecular complexity index is 5100. The van der Waals surface area contributed by atoms with Gasteiger partial charge in [0.25, 0.3) is 0 Å². The van der Waals surface area contributed by atoms with Gasteiger partial charge in [0.05, 0.1) is 0 Å². The monoisotopic (exact) mass is 1660 g/mol. The summed E-state index contributed by atoms with van der Waals surface area (Å²) in [6, 6.07) is 95.2. The topological polar surface area (TPSA) is 6.48 Å². The second-order valence-electron chi connectivity index (χ2n) is 39.0. The Balaban J connectivity index is 0.797. The molecule has 11 aromatic carbocycles. The minimum Gasteiger partial charge on any atom is -0.311 e. The average molecular weight is 1660 g/mol. The third kappa shape index (κ3) is 21.6. The van der Waals surface area contributed by atoms with Crippen LogP contribution in [0.5, 0.6) is 0 Å². The lowest BCUT2D eigenvalue weighted by molar-refractivity contribution is 0.397. The number of anilines is 6. The minimum atomic E-state index is -0.152. The highest BCUT2D eigenvalue weighted by atomic mass is 15.1. The molecule has 1 unspecified atom stereocenters. The average Bonchev–Trinajstić information content (AvgIpc) is 1.57. The lowest BCUT2D eigenvalue weighted by Crippen LogP contribution is -2.26. The first-order valence-corrected chi connectivity index (χ1v) is 51.3. The van der Waals surface area contributed by atoms with E-state index in [1.807, 2.05) is 0 Å². The molecular formula is C123H156N2. The van der Waals surface area contributed by atoms with Crippen LogP contribution in [0.3, 0.4) is 0 Å². The van der Waals surface area contributed by atoms with Crippen molar-refractivity contribution in [3.63, 3.8) is 0 Å². The molecule has 0 fully saturated rings. The van der Waals surface area contributed by atoms with E-state index in [0.717, 1.165) is 36.3 Å². The quantitative estimate of drug-likeness (QED) is 0.0351. The number of benzene rings is 11. The standard InChI is InChI=1S/C123H156N2/c1-11-18-24-30-36-44-82-121(83-45-37-31-25-19-12-2)115-51-43-42-50-109(115)110-78-63-100(89-117(110)121)96-56-70-105(71-57-96)124(103-66-52-93(8)53-67-103)106-72-58-97(59-73-106)102-65-80-113-114-81-76-108(92-120(114)123(119(113)91-102,86-48-40-34-28-22-15-5)87-49-41-35-29-23-16-6)125(104-68-54-94(9)55-69-104)107-74-60-98(61-75-107)101-64-79-112-111-77-62-99(95(10)17-7)88-116(111)122(118(112)90-101,84-46-38-32-26-20-13-3)85-47-39-33-27-21-14-4/h42-43,50-81,88-92,95H,11-41,44-49,82-87H2,1-10H3. The summed E-state index contributed by atoms with van der Waals surface area (Å²) in [5.41, 5.74) is 37.0. The zero-order valence-electron chi connectivity index (χ0n) is 79.4. The van der Waals surface area contributed by atoms with Gasteiger partial charge in [-0.15, -0.1) is 0 Å². The van der Waals surface area contributed by atoms with Crippen molar-refractivity contribution < 1.29 is 0 Å². The van der Waals surface area contributed by atoms with Crippen LogP contribution in [0.1, 0.15) is 387 Å². The number of nitrogens with zero attached hydrogens (tertiary/aromatic N) is 2. The summed E-state index contributed by atoms with van der Waals surface area (Å²) in [5, 5.41) is 0. The third-order valence-electron chi connectivity index (χ3n) is 30.1. The maximum Gasteiger partial charge on any atom is 0.0465 e. The molecule has 0 saturated carbocycles. The van der Waals surface area contributed by atoms with Crippen molar-refractivity contribution in [3.05, 3.63) is 287 Å². The van der Waals surface area contributed by atoms with Gasteiger partial charge in [0.15, 0.2) is 0 Å². The second-order valence-corrected chi connectivity index (χ2v) is 39.0. The lowest BCUT2D eigenvalue weighted by atomic mass is 9.69. The molecule has 2 heteroatoms. The zero-order chi connectivity index (χ0) is 86.8. The highest BCUT2D eigenvalue weighted by Crippen LogP contribution is 2.60. The van der Waals surface area contributed by atoms with Crippen LogP contribution in [0.2, 0.25) is 0 Å². The van der Waals surface area contributed by atoms with Crippen molar-refractivity contribution >= 4 is 34.1 Å². The summed E-state index contributed by atoms with van der Waals surface area (Å²) in [6.07, 6.45) is 55.5. The van der Waals surface area contributed by atoms with E-state index in [1.54, 1.807) is 22.3 Å². The molecule has 3 aliphatic rings. The van der Waals surface area contributed by atoms with Gasteiger partial charge < -0.3 is 9.80 Å². The van der Waals surface area contributed by atoms with Gasteiger partial charge in [0.2, 0.25) is 0 Å². The largest absolute Gasteiger partial charge is 0.311 e. The number of hydrogen-bond acceptors (Lipinski definition) is 2. The highest BCUT2D eigenvalue weighted by molar-refractivity contribution is 5.91. The van der Waals surface area contributed by atoms with E-state index in [-0.39, 0.29) is 16.2 Å². The summed E-state index contributed by atoms with van der Waals surface area (Å²) in [6.45, 7) is 23.3. The number of unbranched alkanes of at least 4 members (excludes halogenated alkanes) is 30. The van der Waals surface area contributed by atoms with E-state index in [9.17, 15) is 0 Å². The predicted molar refractivity (Wildman–Crippen MR) is 547 cm³/mol. The first-order chi connectivity index (χ1) is 61.4. The van der Waals surface area contributed by atoms with Crippen molar-refractivity contribution in [2.45, 2.75) is 367 Å². The molecule has 0 bridgehead atoms. The third-order valence-corrected chi connectivity index (χ3v) is 30.1. The molecule has 0 amide bonds. The number of fused-ring (bicyclic) bond motifs is 9. The van der Waals surface area contributed by atoms with Crippen molar-refractivity contribution in [2.24, 2.45) is 0 Å². The molecule has 0 heterocycles. The first-order valence-electron chi connectivity index (χ1n) is 51.3. The molecule has 125 heavy (non-hydrogen) atoms. The number of aryl methyl sites for hydroxylation is 2. The van der Waals surface area contributed by atoms with E-state index < -0.39 is 0 Å². The molecule has 0 saturated heterocycles. The van der Waals surface area contributed by atoms with Crippen molar-refractivity contribution in [3.8, 4) is 66.8 Å². The Kier molecular flexibility index (Phi) is 33.7. The Morgan fingerprint density at radius 2 is 0.440 bits per heavy atom. The van der Waals surface area contributed by atoms with Crippen molar-refractivity contribution in [1.82, 2.24) is 0 Å². The van der Waals surface area contributed by atoms with Crippen LogP contribution in [0.25, 0.3) is 66.8 Å². The first kappa shape index (κ1) is 92.2. The van der Waals surface area contributed by atoms with Gasteiger partial charge in [-0.2, -0.15) is 0 Å². The Hall–Kier alpha value is -8.98. The van der Waals surface area contributed by atoms with Crippen molar-refractivity contribution in [2.75, 3.05) is 9.80 Å². The molecule has 3 aliphatic carbocycles. The van der Waals surface area contributed by atoms with E-state index in [0.29, 0.717) is 5.92 Å². The second kappa shape index (κ2) is 45.6. The summed E-state index contributed by atoms with van der Waals surface area (Å²) in [7, 11) is 0. The Labute approximate surface area is 759 Å². The van der Waals surface area contributed by atoms with Gasteiger partial charge in [0, 0.05) is 50.4 Å². The summed E-state index contributed by atoms with van der Waals surface area (Å²) in [5.74, 6) is 0.539. The molecule has 14 rings (SSSR count). The molecule has 2 nitrogen and oxygen atoms in total. The maximum atomic E-state index is 2.69. The Morgan fingerprint density at radius 1 is 0.208 bits per heavy atom. The van der Waals surface area contributed by atoms with E-state index in [2.05, 4.69) is 316 Å². The van der Waals surface area contributed by atoms with Crippen LogP contribution in [-0.4, -0.2) is 0 Å². The van der Waals surface area contributed by atoms with Gasteiger partial charge in [-0.25, -0.2) is 0 Å². The van der Waals surface area contributed by atoms with Crippen LogP contribution >= 0.6 is 0 Å². The van der Waals surface area contributed by atoms with Crippen LogP contribution < -0.4 is 9.80 Å². The van der Waals surface area contributed by atoms with Gasteiger partial charge >= 0.3 is 0 Å². The smallest absolute Gasteiger partial charge is 0.0465 e. The SMILES string of the molecule is CCCCCCCCC1(CCCCCCCC)c2ccccc2-c2ccc(-c3ccc(N(c4ccc(C)cc4)c4ccc(-c5ccc6c(c5)C(CCCCCCCC)(CCCCCCCC)c5cc(N(c7ccc(C)cc7)c7ccc(-c8ccc9c(c8)C(CCCCCCCC)(CCCCCCCC)c8cc(C(C)CC)ccc8-9)cc7)ccc5-6)cc4)cc3)cc21. The number of rotatable bonds is 53. The molecule has 658 valence electrons. The molecular weight excluding hydrogens is 1510 g/mol. The summed E-state index contributed by atoms with van der Waals surface area (Å²) >= 11 is 0. The zero-order valence-corrected chi connectivity index (χ0v) is 79.4. The molecule has 0 spiro atoms. The maximum absolute atomic E-state index is 2.69. The fourth-order valence-corrected chi connectivity index (χ4v) is 22.6. The van der Waals surface area contributed by atoms with Crippen LogP contribution in [0.4, 0.5) is 34.1 Å². The van der Waals surface area contributed by atoms with Gasteiger partial charge in [-0.3, -0.25) is 0 Å². The molecule has 0 aromatic heterocycles. The van der Waals surface area contributed by atoms with Gasteiger partial charge in [-0.05, 0) is 261 Å². The fraction of sp³-hybridized carbons (Fsp3) is 0.463. The van der Waals surface area contributed by atoms with Crippen molar-refractivity contribution in [1.29, 1.82) is 0 Å². The van der Waals surface area contributed by atoms with E-state index in [4.69, 9.17) is 0 Å². The van der Waals surface area contributed by atoms with Gasteiger partial charge in [-0.1, -0.05) is 443 Å². The van der Waals surface area contributed by atoms with Crippen LogP contribution in [0.15, 0.2) is 237 Å². The molecule has 0 N–H and O–H groups in total. The molecule has 11 aromatic rings. The molecule has 0 aliphatic heterocycles. The molecule has 1 atom stereocenters. The fourth-order valence-electron chi connectivity index (χ4n) is 22.6. The van der Waals surface area contributed by atoms with Gasteiger partial charge in [0.1, 0.15) is 0 Å². The summed E-state index contributed by atoms with van der Waals surface area (Å²) < 4.78 is 0. The minimum absolute atomic E-state index is 0.0103. The predicted octanol–water partition coefficient (Wildman–Crippen LogP) is 39.1.